The van der Waals surface area contributed by atoms with Crippen molar-refractivity contribution in [2.45, 2.75) is 49.5 Å². The summed E-state index contributed by atoms with van der Waals surface area (Å²) in [5, 5.41) is 0.364. The minimum atomic E-state index is -4.83. The number of ether oxygens (including phenoxy) is 1. The summed E-state index contributed by atoms with van der Waals surface area (Å²) in [5.74, 6) is -1.67. The summed E-state index contributed by atoms with van der Waals surface area (Å²) in [5.41, 5.74) is 6.00. The number of carbonyl (C=O) groups is 1. The molecule has 2 N–H and O–H groups in total. The molecule has 1 fully saturated rings. The van der Waals surface area contributed by atoms with E-state index < -0.39 is 40.0 Å². The minimum absolute atomic E-state index is 0.00674. The molecule has 32 heavy (non-hydrogen) atoms. The van der Waals surface area contributed by atoms with E-state index in [1.54, 1.807) is 0 Å². The van der Waals surface area contributed by atoms with Crippen molar-refractivity contribution in [1.29, 1.82) is 0 Å². The first kappa shape index (κ1) is 24.3. The molecule has 0 aliphatic heterocycles. The predicted octanol–water partition coefficient (Wildman–Crippen LogP) is 4.47. The molecule has 11 heteroatoms. The lowest BCUT2D eigenvalue weighted by molar-refractivity contribution is -0.274. The average molecular weight is 491 g/mol. The number of primary amides is 1. The fraction of sp³-hybridized carbons (Fsp3) is 0.381. The maximum absolute atomic E-state index is 13.5. The van der Waals surface area contributed by atoms with Crippen LogP contribution < -0.4 is 10.5 Å². The fourth-order valence-electron chi connectivity index (χ4n) is 3.89. The molecule has 1 amide bonds. The van der Waals surface area contributed by atoms with E-state index >= 15 is 0 Å². The van der Waals surface area contributed by atoms with E-state index in [-0.39, 0.29) is 11.4 Å². The lowest BCUT2D eigenvalue weighted by atomic mass is 9.84. The number of hydrogen-bond donors (Lipinski definition) is 1. The van der Waals surface area contributed by atoms with E-state index in [4.69, 9.17) is 17.3 Å². The SMILES string of the molecule is NC(=O)[C@H]1CCCC[C@H]1N(Cc1ccc(OC(F)(F)F)cc1)S(=O)(=O)c1ccc(Cl)cc1. The molecule has 0 bridgehead atoms. The molecule has 0 spiro atoms. The Morgan fingerprint density at radius 2 is 1.66 bits per heavy atom. The number of carbonyl (C=O) groups excluding carboxylic acids is 1. The molecular formula is C21H22ClF3N2O4S. The highest BCUT2D eigenvalue weighted by Gasteiger charge is 2.40. The Morgan fingerprint density at radius 3 is 2.22 bits per heavy atom. The monoisotopic (exact) mass is 490 g/mol. The van der Waals surface area contributed by atoms with Crippen LogP contribution in [0.25, 0.3) is 0 Å². The zero-order chi connectivity index (χ0) is 23.5. The third kappa shape index (κ3) is 5.93. The van der Waals surface area contributed by atoms with E-state index in [1.165, 1.54) is 40.7 Å². The summed E-state index contributed by atoms with van der Waals surface area (Å²) in [6.45, 7) is -0.147. The Kier molecular flexibility index (Phi) is 7.36. The summed E-state index contributed by atoms with van der Waals surface area (Å²) in [4.78, 5) is 12.1. The maximum Gasteiger partial charge on any atom is 0.573 e. The first-order valence-corrected chi connectivity index (χ1v) is 11.7. The van der Waals surface area contributed by atoms with Gasteiger partial charge in [-0.05, 0) is 54.8 Å². The number of hydrogen-bond acceptors (Lipinski definition) is 4. The number of alkyl halides is 3. The lowest BCUT2D eigenvalue weighted by Gasteiger charge is -2.38. The highest BCUT2D eigenvalue weighted by Crippen LogP contribution is 2.34. The van der Waals surface area contributed by atoms with Crippen molar-refractivity contribution in [2.75, 3.05) is 0 Å². The molecular weight excluding hydrogens is 469 g/mol. The quantitative estimate of drug-likeness (QED) is 0.620. The molecule has 174 valence electrons. The van der Waals surface area contributed by atoms with Crippen LogP contribution >= 0.6 is 11.6 Å². The zero-order valence-electron chi connectivity index (χ0n) is 16.9. The van der Waals surface area contributed by atoms with Gasteiger partial charge in [0.2, 0.25) is 15.9 Å². The van der Waals surface area contributed by atoms with Crippen LogP contribution in [-0.4, -0.2) is 31.0 Å². The van der Waals surface area contributed by atoms with Crippen LogP contribution in [-0.2, 0) is 21.4 Å². The molecule has 0 unspecified atom stereocenters. The smallest absolute Gasteiger partial charge is 0.406 e. The standard InChI is InChI=1S/C21H22ClF3N2O4S/c22-15-7-11-17(12-8-15)32(29,30)27(19-4-2-1-3-18(19)20(26)28)13-14-5-9-16(10-6-14)31-21(23,24)25/h5-12,18-19H,1-4,13H2,(H2,26,28)/t18-,19+/m0/s1. The predicted molar refractivity (Wildman–Crippen MR) is 112 cm³/mol. The summed E-state index contributed by atoms with van der Waals surface area (Å²) in [7, 11) is -4.07. The Balaban J connectivity index is 1.97. The van der Waals surface area contributed by atoms with E-state index in [1.807, 2.05) is 0 Å². The molecule has 1 saturated carbocycles. The van der Waals surface area contributed by atoms with E-state index in [2.05, 4.69) is 4.74 Å². The van der Waals surface area contributed by atoms with Crippen molar-refractivity contribution in [1.82, 2.24) is 4.31 Å². The van der Waals surface area contributed by atoms with Gasteiger partial charge in [-0.15, -0.1) is 13.2 Å². The Hall–Kier alpha value is -2.30. The van der Waals surface area contributed by atoms with Crippen molar-refractivity contribution in [3.63, 3.8) is 0 Å². The molecule has 6 nitrogen and oxygen atoms in total. The third-order valence-electron chi connectivity index (χ3n) is 5.38. The highest BCUT2D eigenvalue weighted by atomic mass is 35.5. The van der Waals surface area contributed by atoms with Gasteiger partial charge in [-0.2, -0.15) is 4.31 Å². The molecule has 3 rings (SSSR count). The van der Waals surface area contributed by atoms with Crippen LogP contribution in [0.2, 0.25) is 5.02 Å². The molecule has 0 aromatic heterocycles. The zero-order valence-corrected chi connectivity index (χ0v) is 18.5. The summed E-state index contributed by atoms with van der Waals surface area (Å²) in [6, 6.07) is 9.89. The van der Waals surface area contributed by atoms with Gasteiger partial charge in [-0.3, -0.25) is 4.79 Å². The van der Waals surface area contributed by atoms with Gasteiger partial charge >= 0.3 is 6.36 Å². The topological polar surface area (TPSA) is 89.7 Å². The van der Waals surface area contributed by atoms with Gasteiger partial charge in [0, 0.05) is 17.6 Å². The first-order chi connectivity index (χ1) is 15.0. The molecule has 1 aliphatic carbocycles. The normalized spacial score (nSPS) is 19.7. The summed E-state index contributed by atoms with van der Waals surface area (Å²) < 4.78 is 69.4. The maximum atomic E-state index is 13.5. The minimum Gasteiger partial charge on any atom is -0.406 e. The molecule has 0 saturated heterocycles. The van der Waals surface area contributed by atoms with E-state index in [0.717, 1.165) is 25.0 Å². The highest BCUT2D eigenvalue weighted by molar-refractivity contribution is 7.89. The van der Waals surface area contributed by atoms with Crippen molar-refractivity contribution < 1.29 is 31.1 Å². The van der Waals surface area contributed by atoms with Gasteiger partial charge in [-0.1, -0.05) is 36.6 Å². The van der Waals surface area contributed by atoms with Crippen molar-refractivity contribution in [2.24, 2.45) is 11.7 Å². The number of benzene rings is 2. The van der Waals surface area contributed by atoms with Crippen molar-refractivity contribution >= 4 is 27.5 Å². The van der Waals surface area contributed by atoms with Gasteiger partial charge in [0.15, 0.2) is 0 Å². The molecule has 2 aromatic carbocycles. The van der Waals surface area contributed by atoms with Gasteiger partial charge in [-0.25, -0.2) is 8.42 Å². The number of rotatable bonds is 7. The van der Waals surface area contributed by atoms with Gasteiger partial charge < -0.3 is 10.5 Å². The Bertz CT molecular complexity index is 1040. The third-order valence-corrected chi connectivity index (χ3v) is 7.52. The largest absolute Gasteiger partial charge is 0.573 e. The molecule has 2 aromatic rings. The van der Waals surface area contributed by atoms with Crippen LogP contribution in [0.5, 0.6) is 5.75 Å². The second-order valence-electron chi connectivity index (χ2n) is 7.56. The number of halogens is 4. The Labute approximate surface area is 189 Å². The van der Waals surface area contributed by atoms with Gasteiger partial charge in [0.25, 0.3) is 0 Å². The van der Waals surface area contributed by atoms with Gasteiger partial charge in [0.1, 0.15) is 5.75 Å². The second-order valence-corrected chi connectivity index (χ2v) is 9.88. The van der Waals surface area contributed by atoms with E-state index in [9.17, 15) is 26.4 Å². The number of nitrogens with zero attached hydrogens (tertiary/aromatic N) is 1. The molecule has 2 atom stereocenters. The number of sulfonamides is 1. The average Bonchev–Trinajstić information content (AvgIpc) is 2.72. The fourth-order valence-corrected chi connectivity index (χ4v) is 5.69. The summed E-state index contributed by atoms with van der Waals surface area (Å²) in [6.07, 6.45) is -2.45. The van der Waals surface area contributed by atoms with Crippen LogP contribution in [0.3, 0.4) is 0 Å². The molecule has 0 heterocycles. The second kappa shape index (κ2) is 9.68. The van der Waals surface area contributed by atoms with Crippen molar-refractivity contribution in [3.05, 3.63) is 59.1 Å². The lowest BCUT2D eigenvalue weighted by Crippen LogP contribution is -2.49. The van der Waals surface area contributed by atoms with Crippen molar-refractivity contribution in [3.8, 4) is 5.75 Å². The van der Waals surface area contributed by atoms with Crippen LogP contribution in [0.1, 0.15) is 31.2 Å². The number of nitrogens with two attached hydrogens (primary N) is 1. The van der Waals surface area contributed by atoms with Crippen LogP contribution in [0.4, 0.5) is 13.2 Å². The number of amides is 1. The van der Waals surface area contributed by atoms with E-state index in [0.29, 0.717) is 23.4 Å². The van der Waals surface area contributed by atoms with Crippen LogP contribution in [0.15, 0.2) is 53.4 Å². The Morgan fingerprint density at radius 1 is 1.06 bits per heavy atom. The first-order valence-electron chi connectivity index (χ1n) is 9.89. The van der Waals surface area contributed by atoms with Gasteiger partial charge in [0.05, 0.1) is 10.8 Å². The summed E-state index contributed by atoms with van der Waals surface area (Å²) >= 11 is 5.88. The van der Waals surface area contributed by atoms with Crippen LogP contribution in [0, 0.1) is 5.92 Å². The molecule has 1 aliphatic rings. The molecule has 0 radical (unpaired) electrons.